The Balaban J connectivity index is 2.18. The summed E-state index contributed by atoms with van der Waals surface area (Å²) >= 11 is 0. The van der Waals surface area contributed by atoms with Crippen molar-refractivity contribution < 1.29 is 18.1 Å². The number of rotatable bonds is 9. The second-order valence-electron chi connectivity index (χ2n) is 6.20. The van der Waals surface area contributed by atoms with Crippen LogP contribution >= 0.6 is 0 Å². The van der Waals surface area contributed by atoms with Gasteiger partial charge in [-0.05, 0) is 44.0 Å². The summed E-state index contributed by atoms with van der Waals surface area (Å²) in [5.74, 6) is 0.745. The van der Waals surface area contributed by atoms with Crippen molar-refractivity contribution in [1.29, 1.82) is 0 Å². The molecule has 0 aromatic heterocycles. The third kappa shape index (κ3) is 5.41. The van der Waals surface area contributed by atoms with E-state index in [0.717, 1.165) is 17.4 Å². The molecule has 0 spiro atoms. The Morgan fingerprint density at radius 3 is 2.52 bits per heavy atom. The van der Waals surface area contributed by atoms with Crippen LogP contribution in [0, 0.1) is 10.1 Å². The number of hydrogen-bond acceptors (Lipinski definition) is 6. The maximum atomic E-state index is 12.2. The van der Waals surface area contributed by atoms with Crippen LogP contribution in [0.25, 0.3) is 0 Å². The molecule has 0 atom stereocenters. The number of sulfonamides is 1. The normalized spacial score (nSPS) is 11.4. The van der Waals surface area contributed by atoms with Crippen molar-refractivity contribution in [3.05, 3.63) is 58.1 Å². The van der Waals surface area contributed by atoms with Crippen LogP contribution in [0.5, 0.6) is 5.75 Å². The molecule has 0 heterocycles. The maximum Gasteiger partial charge on any atom is 0.293 e. The molecule has 9 heteroatoms. The minimum Gasteiger partial charge on any atom is -0.496 e. The van der Waals surface area contributed by atoms with Gasteiger partial charge in [-0.15, -0.1) is 0 Å². The highest BCUT2D eigenvalue weighted by molar-refractivity contribution is 7.89. The molecule has 2 rings (SSSR count). The van der Waals surface area contributed by atoms with E-state index in [-0.39, 0.29) is 22.3 Å². The van der Waals surface area contributed by atoms with Crippen LogP contribution in [0.2, 0.25) is 0 Å². The first-order chi connectivity index (χ1) is 12.7. The van der Waals surface area contributed by atoms with Gasteiger partial charge in [0.1, 0.15) is 11.4 Å². The zero-order valence-electron chi connectivity index (χ0n) is 15.4. The van der Waals surface area contributed by atoms with Crippen LogP contribution in [0.1, 0.15) is 19.4 Å². The lowest BCUT2D eigenvalue weighted by atomic mass is 10.1. The van der Waals surface area contributed by atoms with Crippen LogP contribution in [-0.2, 0) is 16.4 Å². The number of nitrogens with zero attached hydrogens (tertiary/aromatic N) is 1. The Labute approximate surface area is 158 Å². The molecule has 2 aromatic rings. The standard InChI is InChI=1S/C18H23N3O5S/c1-13(2)20-27(24,25)15-8-9-16(17(12-15)21(22)23)19-11-10-14-6-4-5-7-18(14)26-3/h4-9,12-13,19-20H,10-11H2,1-3H3. The largest absolute Gasteiger partial charge is 0.496 e. The highest BCUT2D eigenvalue weighted by atomic mass is 32.2. The summed E-state index contributed by atoms with van der Waals surface area (Å²) in [7, 11) is -2.22. The monoisotopic (exact) mass is 393 g/mol. The van der Waals surface area contributed by atoms with E-state index in [9.17, 15) is 18.5 Å². The van der Waals surface area contributed by atoms with E-state index in [4.69, 9.17) is 4.74 Å². The van der Waals surface area contributed by atoms with Gasteiger partial charge in [0.25, 0.3) is 5.69 Å². The molecule has 0 aliphatic heterocycles. The molecule has 0 fully saturated rings. The molecule has 8 nitrogen and oxygen atoms in total. The molecular formula is C18H23N3O5S. The van der Waals surface area contributed by atoms with Crippen molar-refractivity contribution in [3.63, 3.8) is 0 Å². The van der Waals surface area contributed by atoms with Gasteiger partial charge < -0.3 is 10.1 Å². The minimum absolute atomic E-state index is 0.141. The molecule has 0 radical (unpaired) electrons. The number of para-hydroxylation sites is 1. The molecule has 2 N–H and O–H groups in total. The number of hydrogen-bond donors (Lipinski definition) is 2. The summed E-state index contributed by atoms with van der Waals surface area (Å²) in [5, 5.41) is 14.4. The fourth-order valence-corrected chi connectivity index (χ4v) is 3.87. The molecule has 146 valence electrons. The maximum absolute atomic E-state index is 12.2. The number of nitro groups is 1. The van der Waals surface area contributed by atoms with E-state index in [1.54, 1.807) is 21.0 Å². The van der Waals surface area contributed by atoms with E-state index in [2.05, 4.69) is 10.0 Å². The Kier molecular flexibility index (Phi) is 6.75. The Bertz CT molecular complexity index is 913. The first-order valence-corrected chi connectivity index (χ1v) is 9.89. The van der Waals surface area contributed by atoms with Gasteiger partial charge in [0.2, 0.25) is 10.0 Å². The summed E-state index contributed by atoms with van der Waals surface area (Å²) in [6, 6.07) is 11.0. The van der Waals surface area contributed by atoms with Gasteiger partial charge in [0, 0.05) is 18.7 Å². The molecular weight excluding hydrogens is 370 g/mol. The van der Waals surface area contributed by atoms with Gasteiger partial charge in [-0.1, -0.05) is 18.2 Å². The van der Waals surface area contributed by atoms with E-state index in [1.807, 2.05) is 24.3 Å². The molecule has 2 aromatic carbocycles. The predicted octanol–water partition coefficient (Wildman–Crippen LogP) is 2.94. The van der Waals surface area contributed by atoms with Crippen molar-refractivity contribution in [2.75, 3.05) is 19.0 Å². The van der Waals surface area contributed by atoms with Crippen molar-refractivity contribution >= 4 is 21.4 Å². The second-order valence-corrected chi connectivity index (χ2v) is 7.91. The van der Waals surface area contributed by atoms with Crippen LogP contribution in [-0.4, -0.2) is 33.0 Å². The highest BCUT2D eigenvalue weighted by Gasteiger charge is 2.22. The first kappa shape index (κ1) is 20.7. The van der Waals surface area contributed by atoms with E-state index < -0.39 is 14.9 Å². The van der Waals surface area contributed by atoms with Crippen LogP contribution in [0.4, 0.5) is 11.4 Å². The van der Waals surface area contributed by atoms with Gasteiger partial charge in [-0.3, -0.25) is 10.1 Å². The summed E-state index contributed by atoms with van der Waals surface area (Å²) in [5.41, 5.74) is 0.940. The number of anilines is 1. The van der Waals surface area contributed by atoms with Crippen LogP contribution in [0.15, 0.2) is 47.4 Å². The van der Waals surface area contributed by atoms with Crippen LogP contribution < -0.4 is 14.8 Å². The number of methoxy groups -OCH3 is 1. The lowest BCUT2D eigenvalue weighted by Gasteiger charge is -2.12. The topological polar surface area (TPSA) is 111 Å². The average Bonchev–Trinajstić information content (AvgIpc) is 2.61. The molecule has 0 saturated carbocycles. The molecule has 27 heavy (non-hydrogen) atoms. The minimum atomic E-state index is -3.80. The van der Waals surface area contributed by atoms with Crippen LogP contribution in [0.3, 0.4) is 0 Å². The zero-order chi connectivity index (χ0) is 20.0. The van der Waals surface area contributed by atoms with Gasteiger partial charge in [-0.2, -0.15) is 0 Å². The Morgan fingerprint density at radius 2 is 1.89 bits per heavy atom. The van der Waals surface area contributed by atoms with Gasteiger partial charge in [0.05, 0.1) is 16.9 Å². The Hall–Kier alpha value is -2.65. The smallest absolute Gasteiger partial charge is 0.293 e. The fourth-order valence-electron chi connectivity index (χ4n) is 2.60. The second kappa shape index (κ2) is 8.83. The molecule has 0 aliphatic rings. The lowest BCUT2D eigenvalue weighted by molar-refractivity contribution is -0.384. The lowest BCUT2D eigenvalue weighted by Crippen LogP contribution is -2.30. The summed E-state index contributed by atoms with van der Waals surface area (Å²) < 4.78 is 32.2. The van der Waals surface area contributed by atoms with Crippen molar-refractivity contribution in [1.82, 2.24) is 4.72 Å². The van der Waals surface area contributed by atoms with E-state index in [0.29, 0.717) is 13.0 Å². The zero-order valence-corrected chi connectivity index (χ0v) is 16.2. The van der Waals surface area contributed by atoms with Crippen molar-refractivity contribution in [2.45, 2.75) is 31.2 Å². The number of nitro benzene ring substituents is 1. The third-order valence-electron chi connectivity index (χ3n) is 3.77. The molecule has 0 aliphatic carbocycles. The molecule has 0 bridgehead atoms. The van der Waals surface area contributed by atoms with Crippen molar-refractivity contribution in [3.8, 4) is 5.75 Å². The molecule has 0 amide bonds. The SMILES string of the molecule is COc1ccccc1CCNc1ccc(S(=O)(=O)NC(C)C)cc1[N+](=O)[O-]. The van der Waals surface area contributed by atoms with Crippen molar-refractivity contribution in [2.24, 2.45) is 0 Å². The van der Waals surface area contributed by atoms with E-state index in [1.165, 1.54) is 12.1 Å². The van der Waals surface area contributed by atoms with Gasteiger partial charge >= 0.3 is 0 Å². The highest BCUT2D eigenvalue weighted by Crippen LogP contribution is 2.28. The third-order valence-corrected chi connectivity index (χ3v) is 5.43. The van der Waals surface area contributed by atoms with E-state index >= 15 is 0 Å². The quantitative estimate of drug-likeness (QED) is 0.501. The van der Waals surface area contributed by atoms with Gasteiger partial charge in [0.15, 0.2) is 0 Å². The number of ether oxygens (including phenoxy) is 1. The first-order valence-electron chi connectivity index (χ1n) is 8.41. The summed E-state index contributed by atoms with van der Waals surface area (Å²) in [4.78, 5) is 10.6. The van der Waals surface area contributed by atoms with Gasteiger partial charge in [-0.25, -0.2) is 13.1 Å². The number of nitrogens with one attached hydrogen (secondary N) is 2. The molecule has 0 saturated heterocycles. The number of benzene rings is 2. The average molecular weight is 393 g/mol. The molecule has 0 unspecified atom stereocenters. The predicted molar refractivity (Wildman–Crippen MR) is 104 cm³/mol. The Morgan fingerprint density at radius 1 is 1.19 bits per heavy atom. The fraction of sp³-hybridized carbons (Fsp3) is 0.333. The summed E-state index contributed by atoms with van der Waals surface area (Å²) in [6.45, 7) is 3.79. The summed E-state index contributed by atoms with van der Waals surface area (Å²) in [6.07, 6.45) is 0.593.